The Balaban J connectivity index is 2.09. The summed E-state index contributed by atoms with van der Waals surface area (Å²) >= 11 is 0. The van der Waals surface area contributed by atoms with Crippen LogP contribution in [0.2, 0.25) is 0 Å². The number of benzene rings is 2. The van der Waals surface area contributed by atoms with Crippen LogP contribution in [0.15, 0.2) is 36.4 Å². The highest BCUT2D eigenvalue weighted by molar-refractivity contribution is 5.91. The van der Waals surface area contributed by atoms with Gasteiger partial charge < -0.3 is 14.6 Å². The maximum Gasteiger partial charge on any atom is 0.126 e. The molecule has 0 aliphatic carbocycles. The average molecular weight is 258 g/mol. The number of aliphatic hydroxyl groups is 1. The van der Waals surface area contributed by atoms with Crippen LogP contribution in [-0.4, -0.2) is 24.9 Å². The Bertz CT molecular complexity index is 579. The van der Waals surface area contributed by atoms with E-state index in [0.29, 0.717) is 13.0 Å². The van der Waals surface area contributed by atoms with Crippen molar-refractivity contribution in [1.29, 1.82) is 0 Å². The van der Waals surface area contributed by atoms with Crippen molar-refractivity contribution in [3.05, 3.63) is 42.0 Å². The Morgan fingerprint density at radius 1 is 1.16 bits per heavy atom. The van der Waals surface area contributed by atoms with Gasteiger partial charge in [-0.15, -0.1) is 0 Å². The highest BCUT2D eigenvalue weighted by Crippen LogP contribution is 2.36. The first kappa shape index (κ1) is 12.5. The number of rotatable bonds is 2. The fraction of sp³-hybridized carbons (Fsp3) is 0.375. The van der Waals surface area contributed by atoms with Crippen LogP contribution in [0, 0.1) is 0 Å². The van der Waals surface area contributed by atoms with Crippen molar-refractivity contribution in [3.8, 4) is 5.75 Å². The van der Waals surface area contributed by atoms with Crippen molar-refractivity contribution in [2.24, 2.45) is 0 Å². The lowest BCUT2D eigenvalue weighted by molar-refractivity contribution is -0.0441. The summed E-state index contributed by atoms with van der Waals surface area (Å²) in [6.45, 7) is 0.617. The van der Waals surface area contributed by atoms with Crippen LogP contribution in [0.1, 0.15) is 24.5 Å². The topological polar surface area (TPSA) is 38.7 Å². The summed E-state index contributed by atoms with van der Waals surface area (Å²) in [6, 6.07) is 12.2. The molecule has 1 heterocycles. The smallest absolute Gasteiger partial charge is 0.126 e. The molecule has 0 bridgehead atoms. The van der Waals surface area contributed by atoms with Gasteiger partial charge in [-0.05, 0) is 23.4 Å². The molecule has 3 heteroatoms. The molecule has 2 aromatic carbocycles. The zero-order chi connectivity index (χ0) is 13.2. The molecule has 2 aromatic rings. The molecule has 3 rings (SSSR count). The number of hydrogen-bond acceptors (Lipinski definition) is 3. The normalized spacial score (nSPS) is 23.5. The molecule has 3 nitrogen and oxygen atoms in total. The zero-order valence-electron chi connectivity index (χ0n) is 11.0. The Morgan fingerprint density at radius 2 is 1.95 bits per heavy atom. The van der Waals surface area contributed by atoms with Gasteiger partial charge in [0.15, 0.2) is 0 Å². The molecule has 1 aliphatic rings. The third-order valence-electron chi connectivity index (χ3n) is 3.74. The van der Waals surface area contributed by atoms with Crippen LogP contribution in [0.25, 0.3) is 10.8 Å². The summed E-state index contributed by atoms with van der Waals surface area (Å²) in [6.07, 6.45) is 1.10. The standard InChI is InChI=1S/C16H18O3/c1-18-15-7-6-14(12-4-2-3-5-13(12)15)16-10-11(17)8-9-19-16/h2-7,11,16-17H,8-10H2,1H3. The lowest BCUT2D eigenvalue weighted by Crippen LogP contribution is -2.23. The fourth-order valence-corrected chi connectivity index (χ4v) is 2.75. The minimum absolute atomic E-state index is 0.0282. The van der Waals surface area contributed by atoms with Gasteiger partial charge in [-0.3, -0.25) is 0 Å². The molecule has 1 N–H and O–H groups in total. The summed E-state index contributed by atoms with van der Waals surface area (Å²) in [5.74, 6) is 0.871. The molecular weight excluding hydrogens is 240 g/mol. The van der Waals surface area contributed by atoms with Crippen LogP contribution in [0.5, 0.6) is 5.75 Å². The first-order chi connectivity index (χ1) is 9.29. The third kappa shape index (κ3) is 2.31. The van der Waals surface area contributed by atoms with Crippen molar-refractivity contribution in [3.63, 3.8) is 0 Å². The van der Waals surface area contributed by atoms with Crippen LogP contribution in [-0.2, 0) is 4.74 Å². The largest absolute Gasteiger partial charge is 0.496 e. The van der Waals surface area contributed by atoms with E-state index in [1.54, 1.807) is 7.11 Å². The van der Waals surface area contributed by atoms with Gasteiger partial charge in [0.1, 0.15) is 5.75 Å². The van der Waals surface area contributed by atoms with Gasteiger partial charge in [-0.2, -0.15) is 0 Å². The molecule has 0 spiro atoms. The Kier molecular flexibility index (Phi) is 3.40. The molecular formula is C16H18O3. The van der Waals surface area contributed by atoms with Gasteiger partial charge in [-0.25, -0.2) is 0 Å². The van der Waals surface area contributed by atoms with Crippen LogP contribution in [0.3, 0.4) is 0 Å². The van der Waals surface area contributed by atoms with E-state index in [2.05, 4.69) is 12.1 Å². The maximum absolute atomic E-state index is 9.81. The molecule has 19 heavy (non-hydrogen) atoms. The van der Waals surface area contributed by atoms with Gasteiger partial charge >= 0.3 is 0 Å². The van der Waals surface area contributed by atoms with Crippen molar-refractivity contribution in [2.75, 3.05) is 13.7 Å². The zero-order valence-corrected chi connectivity index (χ0v) is 11.0. The molecule has 0 aromatic heterocycles. The molecule has 1 fully saturated rings. The fourth-order valence-electron chi connectivity index (χ4n) is 2.75. The van der Waals surface area contributed by atoms with E-state index < -0.39 is 0 Å². The Morgan fingerprint density at radius 3 is 2.68 bits per heavy atom. The van der Waals surface area contributed by atoms with Crippen molar-refractivity contribution >= 4 is 10.8 Å². The summed E-state index contributed by atoms with van der Waals surface area (Å²) < 4.78 is 11.2. The summed E-state index contributed by atoms with van der Waals surface area (Å²) in [7, 11) is 1.68. The third-order valence-corrected chi connectivity index (χ3v) is 3.74. The molecule has 1 saturated heterocycles. The van der Waals surface area contributed by atoms with Gasteiger partial charge in [0, 0.05) is 18.4 Å². The van der Waals surface area contributed by atoms with Crippen molar-refractivity contribution < 1.29 is 14.6 Å². The summed E-state index contributed by atoms with van der Waals surface area (Å²) in [5, 5.41) is 12.0. The summed E-state index contributed by atoms with van der Waals surface area (Å²) in [4.78, 5) is 0. The van der Waals surface area contributed by atoms with E-state index >= 15 is 0 Å². The quantitative estimate of drug-likeness (QED) is 0.899. The molecule has 100 valence electrons. The number of ether oxygens (including phenoxy) is 2. The first-order valence-corrected chi connectivity index (χ1v) is 6.65. The lowest BCUT2D eigenvalue weighted by Gasteiger charge is -2.28. The Labute approximate surface area is 112 Å². The highest BCUT2D eigenvalue weighted by Gasteiger charge is 2.24. The Hall–Kier alpha value is -1.58. The van der Waals surface area contributed by atoms with E-state index in [-0.39, 0.29) is 12.2 Å². The van der Waals surface area contributed by atoms with Gasteiger partial charge in [0.05, 0.1) is 19.3 Å². The highest BCUT2D eigenvalue weighted by atomic mass is 16.5. The van der Waals surface area contributed by atoms with E-state index in [4.69, 9.17) is 9.47 Å². The SMILES string of the molecule is COc1ccc(C2CC(O)CCO2)c2ccccc12. The molecule has 0 amide bonds. The van der Waals surface area contributed by atoms with Crippen molar-refractivity contribution in [2.45, 2.75) is 25.0 Å². The van der Waals surface area contributed by atoms with E-state index in [0.717, 1.165) is 28.5 Å². The lowest BCUT2D eigenvalue weighted by atomic mass is 9.94. The maximum atomic E-state index is 9.81. The minimum atomic E-state index is -0.264. The summed E-state index contributed by atoms with van der Waals surface area (Å²) in [5.41, 5.74) is 1.13. The molecule has 2 atom stereocenters. The van der Waals surface area contributed by atoms with Gasteiger partial charge in [-0.1, -0.05) is 30.3 Å². The monoisotopic (exact) mass is 258 g/mol. The van der Waals surface area contributed by atoms with E-state index in [1.165, 1.54) is 0 Å². The number of hydrogen-bond donors (Lipinski definition) is 1. The van der Waals surface area contributed by atoms with Crippen LogP contribution < -0.4 is 4.74 Å². The van der Waals surface area contributed by atoms with Crippen LogP contribution >= 0.6 is 0 Å². The van der Waals surface area contributed by atoms with E-state index in [1.807, 2.05) is 24.3 Å². The van der Waals surface area contributed by atoms with Crippen LogP contribution in [0.4, 0.5) is 0 Å². The number of methoxy groups -OCH3 is 1. The van der Waals surface area contributed by atoms with Gasteiger partial charge in [0.2, 0.25) is 0 Å². The molecule has 1 aliphatic heterocycles. The molecule has 2 unspecified atom stereocenters. The van der Waals surface area contributed by atoms with Crippen molar-refractivity contribution in [1.82, 2.24) is 0 Å². The second kappa shape index (κ2) is 5.19. The number of fused-ring (bicyclic) bond motifs is 1. The number of aliphatic hydroxyl groups excluding tert-OH is 1. The van der Waals surface area contributed by atoms with Gasteiger partial charge in [0.25, 0.3) is 0 Å². The second-order valence-electron chi connectivity index (χ2n) is 4.94. The first-order valence-electron chi connectivity index (χ1n) is 6.65. The second-order valence-corrected chi connectivity index (χ2v) is 4.94. The minimum Gasteiger partial charge on any atom is -0.496 e. The predicted molar refractivity (Wildman–Crippen MR) is 74.4 cm³/mol. The average Bonchev–Trinajstić information content (AvgIpc) is 2.46. The van der Waals surface area contributed by atoms with E-state index in [9.17, 15) is 5.11 Å². The predicted octanol–water partition coefficient (Wildman–Crippen LogP) is 3.06. The molecule has 0 radical (unpaired) electrons. The molecule has 0 saturated carbocycles.